The van der Waals surface area contributed by atoms with Crippen molar-refractivity contribution >= 4 is 6.09 Å². The number of rotatable bonds is 73. The van der Waals surface area contributed by atoms with Gasteiger partial charge in [-0.3, -0.25) is 0 Å². The van der Waals surface area contributed by atoms with Crippen LogP contribution < -0.4 is 5.32 Å². The molecular weight excluding hydrogens is 1130 g/mol. The summed E-state index contributed by atoms with van der Waals surface area (Å²) in [4.78, 5) is 12.0. The maximum absolute atomic E-state index is 12.0. The first-order valence-corrected chi connectivity index (χ1v) is 30.7. The van der Waals surface area contributed by atoms with Gasteiger partial charge >= 0.3 is 6.09 Å². The summed E-state index contributed by atoms with van der Waals surface area (Å²) in [6.45, 7) is 23.5. The van der Waals surface area contributed by atoms with Crippen molar-refractivity contribution in [2.45, 2.75) is 38.2 Å². The summed E-state index contributed by atoms with van der Waals surface area (Å²) in [7, 11) is 1.64. The lowest BCUT2D eigenvalue weighted by Gasteiger charge is -2.18. The molecule has 1 rings (SSSR count). The molecule has 0 bridgehead atoms. The topological polar surface area (TPSA) is 260 Å². The lowest BCUT2D eigenvalue weighted by Crippen LogP contribution is -2.31. The molecule has 0 aliphatic heterocycles. The van der Waals surface area contributed by atoms with Crippen molar-refractivity contribution < 1.29 is 123 Å². The summed E-state index contributed by atoms with van der Waals surface area (Å²) in [5.74, 6) is 0. The first-order chi connectivity index (χ1) is 42.3. The minimum absolute atomic E-state index is 0.0163. The summed E-state index contributed by atoms with van der Waals surface area (Å²) in [5.41, 5.74) is 0. The Hall–Kier alpha value is -1.95. The second kappa shape index (κ2) is 74.5. The quantitative estimate of drug-likeness (QED) is 0.0678. The van der Waals surface area contributed by atoms with Gasteiger partial charge in [0.05, 0.1) is 311 Å². The Labute approximate surface area is 507 Å². The van der Waals surface area contributed by atoms with E-state index in [2.05, 4.69) is 17.5 Å². The Balaban J connectivity index is 1.59. The number of hydrogen-bond donors (Lipinski definition) is 1. The summed E-state index contributed by atoms with van der Waals surface area (Å²) in [6, 6.07) is 0. The Morgan fingerprint density at radius 3 is 0.671 bits per heavy atom. The predicted octanol–water partition coefficient (Wildman–Crippen LogP) is 2.63. The van der Waals surface area contributed by atoms with Gasteiger partial charge in [-0.1, -0.05) is 12.2 Å². The molecule has 1 aliphatic carbocycles. The van der Waals surface area contributed by atoms with Crippen molar-refractivity contribution in [3.63, 3.8) is 0 Å². The summed E-state index contributed by atoms with van der Waals surface area (Å²) < 4.78 is 137. The molecule has 1 unspecified atom stereocenters. The van der Waals surface area contributed by atoms with Crippen molar-refractivity contribution in [2.75, 3.05) is 324 Å². The van der Waals surface area contributed by atoms with E-state index in [4.69, 9.17) is 118 Å². The number of methoxy groups -OCH3 is 1. The zero-order valence-electron chi connectivity index (χ0n) is 51.8. The van der Waals surface area contributed by atoms with Crippen LogP contribution in [-0.2, 0) is 118 Å². The smallest absolute Gasteiger partial charge is 0.407 e. The molecule has 0 radical (unpaired) electrons. The predicted molar refractivity (Wildman–Crippen MR) is 311 cm³/mol. The highest BCUT2D eigenvalue weighted by molar-refractivity contribution is 5.67. The van der Waals surface area contributed by atoms with E-state index < -0.39 is 0 Å². The first-order valence-electron chi connectivity index (χ1n) is 30.7. The molecular formula is C58H113NO26. The fourth-order valence-electron chi connectivity index (χ4n) is 6.74. The number of carbonyl (C=O) groups is 1. The fourth-order valence-corrected chi connectivity index (χ4v) is 6.74. The third kappa shape index (κ3) is 71.0. The van der Waals surface area contributed by atoms with Gasteiger partial charge in [0, 0.05) is 13.7 Å². The van der Waals surface area contributed by atoms with Crippen LogP contribution in [-0.4, -0.2) is 336 Å². The second-order valence-electron chi connectivity index (χ2n) is 18.0. The monoisotopic (exact) mass is 1240 g/mol. The van der Waals surface area contributed by atoms with Crippen LogP contribution in [0.15, 0.2) is 12.2 Å². The molecule has 0 saturated heterocycles. The molecule has 1 aliphatic rings. The molecule has 506 valence electrons. The first kappa shape index (κ1) is 81.1. The molecule has 0 heterocycles. The maximum Gasteiger partial charge on any atom is 0.407 e. The molecule has 27 nitrogen and oxygen atoms in total. The minimum atomic E-state index is -0.382. The highest BCUT2D eigenvalue weighted by Gasteiger charge is 2.14. The largest absolute Gasteiger partial charge is 0.446 e. The molecule has 0 aromatic carbocycles. The van der Waals surface area contributed by atoms with Crippen LogP contribution in [0.4, 0.5) is 4.79 Å². The van der Waals surface area contributed by atoms with E-state index in [9.17, 15) is 4.79 Å². The van der Waals surface area contributed by atoms with Crippen molar-refractivity contribution in [2.24, 2.45) is 0 Å². The van der Waals surface area contributed by atoms with Gasteiger partial charge in [-0.15, -0.1) is 0 Å². The van der Waals surface area contributed by atoms with Crippen LogP contribution in [0, 0.1) is 0 Å². The molecule has 0 saturated carbocycles. The van der Waals surface area contributed by atoms with E-state index in [1.54, 1.807) is 7.11 Å². The molecule has 0 aromatic heterocycles. The van der Waals surface area contributed by atoms with Crippen LogP contribution in [0.3, 0.4) is 0 Å². The van der Waals surface area contributed by atoms with Gasteiger partial charge in [0.1, 0.15) is 6.10 Å². The lowest BCUT2D eigenvalue weighted by molar-refractivity contribution is -0.0319. The van der Waals surface area contributed by atoms with Crippen LogP contribution in [0.5, 0.6) is 0 Å². The minimum Gasteiger partial charge on any atom is -0.446 e. The summed E-state index contributed by atoms with van der Waals surface area (Å²) in [6.07, 6.45) is 8.76. The highest BCUT2D eigenvalue weighted by Crippen LogP contribution is 2.15. The molecule has 85 heavy (non-hydrogen) atoms. The Kier molecular flexibility index (Phi) is 71.1. The van der Waals surface area contributed by atoms with Gasteiger partial charge in [0.15, 0.2) is 0 Å². The molecule has 1 N–H and O–H groups in total. The van der Waals surface area contributed by atoms with Gasteiger partial charge < -0.3 is 124 Å². The van der Waals surface area contributed by atoms with Crippen molar-refractivity contribution in [1.82, 2.24) is 5.32 Å². The van der Waals surface area contributed by atoms with Gasteiger partial charge in [-0.2, -0.15) is 0 Å². The molecule has 1 atom stereocenters. The lowest BCUT2D eigenvalue weighted by atomic mass is 10.0. The standard InChI is InChI=1S/C58H113NO26/c1-61-11-12-63-15-16-65-19-20-67-23-24-69-27-28-71-31-32-73-35-36-75-39-40-77-43-44-79-47-48-81-51-52-83-55-56-84-54-53-82-50-49-80-46-45-78-42-41-76-38-37-74-34-33-72-30-29-70-26-25-68-22-21-66-18-17-64-14-13-62-10-9-59-58(60)85-57-7-5-3-2-4-6-8-57/h2-3,57H,4-56H2,1H3,(H,59,60)/b3-2+. The number of alkyl carbamates (subject to hydrolysis) is 1. The van der Waals surface area contributed by atoms with Gasteiger partial charge in [0.2, 0.25) is 0 Å². The Morgan fingerprint density at radius 2 is 0.459 bits per heavy atom. The van der Waals surface area contributed by atoms with Gasteiger partial charge in [0.25, 0.3) is 0 Å². The van der Waals surface area contributed by atoms with E-state index in [1.807, 2.05) is 0 Å². The zero-order chi connectivity index (χ0) is 60.4. The number of amides is 1. The third-order valence-electron chi connectivity index (χ3n) is 11.1. The van der Waals surface area contributed by atoms with E-state index in [-0.39, 0.29) is 12.2 Å². The zero-order valence-corrected chi connectivity index (χ0v) is 51.8. The van der Waals surface area contributed by atoms with E-state index in [1.165, 1.54) is 0 Å². The number of ether oxygens (including phenoxy) is 25. The highest BCUT2D eigenvalue weighted by atomic mass is 16.6. The van der Waals surface area contributed by atoms with Crippen molar-refractivity contribution in [3.05, 3.63) is 12.2 Å². The number of allylic oxidation sites excluding steroid dienone is 2. The van der Waals surface area contributed by atoms with Crippen molar-refractivity contribution in [3.8, 4) is 0 Å². The Morgan fingerprint density at radius 1 is 0.271 bits per heavy atom. The average Bonchev–Trinajstić information content (AvgIpc) is 3.51. The molecule has 0 spiro atoms. The summed E-state index contributed by atoms with van der Waals surface area (Å²) in [5, 5.41) is 2.74. The Bertz CT molecular complexity index is 1290. The number of nitrogens with one attached hydrogen (secondary N) is 1. The van der Waals surface area contributed by atoms with Crippen LogP contribution in [0.25, 0.3) is 0 Å². The SMILES string of the molecule is COCCOCCOCCOCCOCCOCCOCCOCCOCCOCCOCCOCCOCCOCCOCCOCCOCCOCCOCCOCCOCCOCCOCCOCCNC(=O)OC1CC/C=C/CCC1. The van der Waals surface area contributed by atoms with Crippen molar-refractivity contribution in [1.29, 1.82) is 0 Å². The van der Waals surface area contributed by atoms with Gasteiger partial charge in [-0.05, 0) is 32.1 Å². The molecule has 0 fully saturated rings. The fraction of sp³-hybridized carbons (Fsp3) is 0.948. The third-order valence-corrected chi connectivity index (χ3v) is 11.1. The number of hydrogen-bond acceptors (Lipinski definition) is 26. The summed E-state index contributed by atoms with van der Waals surface area (Å²) >= 11 is 0. The normalized spacial score (nSPS) is 14.1. The molecule has 1 amide bonds. The number of carbonyl (C=O) groups excluding carboxylic acids is 1. The van der Waals surface area contributed by atoms with Gasteiger partial charge in [-0.25, -0.2) is 4.79 Å². The van der Waals surface area contributed by atoms with E-state index in [0.29, 0.717) is 317 Å². The maximum atomic E-state index is 12.0. The molecule has 0 aromatic rings. The van der Waals surface area contributed by atoms with Crippen LogP contribution >= 0.6 is 0 Å². The van der Waals surface area contributed by atoms with E-state index >= 15 is 0 Å². The van der Waals surface area contributed by atoms with Crippen LogP contribution in [0.2, 0.25) is 0 Å². The average molecular weight is 1240 g/mol. The molecule has 27 heteroatoms. The van der Waals surface area contributed by atoms with Crippen LogP contribution in [0.1, 0.15) is 32.1 Å². The second-order valence-corrected chi connectivity index (χ2v) is 18.0. The van der Waals surface area contributed by atoms with E-state index in [0.717, 1.165) is 32.1 Å².